The van der Waals surface area contributed by atoms with E-state index in [-0.39, 0.29) is 0 Å². The van der Waals surface area contributed by atoms with E-state index in [1.807, 2.05) is 54.4 Å². The molecule has 0 bridgehead atoms. The maximum atomic E-state index is 4.92. The van der Waals surface area contributed by atoms with E-state index in [1.54, 1.807) is 0 Å². The largest absolute Gasteiger partial charge is 0.275 e. The zero-order valence-corrected chi connectivity index (χ0v) is 15.7. The summed E-state index contributed by atoms with van der Waals surface area (Å²) in [5, 5.41) is 13.9. The molecule has 0 atom stereocenters. The van der Waals surface area contributed by atoms with E-state index in [0.29, 0.717) is 0 Å². The molecule has 0 amide bonds. The third-order valence-electron chi connectivity index (χ3n) is 4.53. The van der Waals surface area contributed by atoms with Gasteiger partial charge in [0.2, 0.25) is 0 Å². The van der Waals surface area contributed by atoms with Crippen molar-refractivity contribution in [2.45, 2.75) is 20.8 Å². The van der Waals surface area contributed by atoms with Crippen molar-refractivity contribution in [1.82, 2.24) is 29.3 Å². The van der Waals surface area contributed by atoms with Crippen LogP contribution in [0.5, 0.6) is 0 Å². The second-order valence-corrected chi connectivity index (χ2v) is 6.77. The first-order valence-corrected chi connectivity index (χ1v) is 8.60. The van der Waals surface area contributed by atoms with Crippen molar-refractivity contribution in [2.24, 2.45) is 14.1 Å². The molecule has 3 aromatic heterocycles. The fraction of sp³-hybridized carbons (Fsp3) is 0.250. The lowest BCUT2D eigenvalue weighted by molar-refractivity contribution is 0.756. The van der Waals surface area contributed by atoms with E-state index in [9.17, 15) is 0 Å². The van der Waals surface area contributed by atoms with Gasteiger partial charge in [0.05, 0.1) is 28.5 Å². The Labute approximate surface area is 152 Å². The molecule has 0 aliphatic heterocycles. The Hall–Kier alpha value is -3.15. The van der Waals surface area contributed by atoms with E-state index < -0.39 is 0 Å². The van der Waals surface area contributed by atoms with Crippen molar-refractivity contribution < 1.29 is 0 Å². The Morgan fingerprint density at radius 2 is 1.42 bits per heavy atom. The SMILES string of the molecule is Cc1cccc(-n2nc(-c3cn(C)nc3C)cc2-c2cn(C)nc2C)c1. The van der Waals surface area contributed by atoms with Gasteiger partial charge in [-0.3, -0.25) is 9.36 Å². The molecule has 0 spiro atoms. The number of aryl methyl sites for hydroxylation is 5. The maximum Gasteiger partial charge on any atom is 0.0968 e. The summed E-state index contributed by atoms with van der Waals surface area (Å²) in [4.78, 5) is 0. The van der Waals surface area contributed by atoms with E-state index in [2.05, 4.69) is 47.5 Å². The van der Waals surface area contributed by atoms with E-state index in [1.165, 1.54) is 5.56 Å². The highest BCUT2D eigenvalue weighted by Gasteiger charge is 2.18. The molecule has 0 saturated carbocycles. The number of hydrogen-bond acceptors (Lipinski definition) is 3. The minimum Gasteiger partial charge on any atom is -0.275 e. The van der Waals surface area contributed by atoms with Crippen LogP contribution in [0.1, 0.15) is 17.0 Å². The standard InChI is InChI=1S/C20H22N6/c1-13-7-6-8-16(9-13)26-20(18-12-25(5)22-15(18)3)10-19(23-26)17-11-24(4)21-14(17)2/h6-12H,1-5H3. The molecular weight excluding hydrogens is 324 g/mol. The van der Waals surface area contributed by atoms with Gasteiger partial charge in [-0.25, -0.2) is 4.68 Å². The van der Waals surface area contributed by atoms with Crippen LogP contribution in [0.2, 0.25) is 0 Å². The number of rotatable bonds is 3. The molecule has 0 unspecified atom stereocenters. The van der Waals surface area contributed by atoms with Crippen LogP contribution < -0.4 is 0 Å². The molecule has 132 valence electrons. The summed E-state index contributed by atoms with van der Waals surface area (Å²) in [6.45, 7) is 6.13. The quantitative estimate of drug-likeness (QED) is 0.569. The van der Waals surface area contributed by atoms with Crippen LogP contribution in [0.25, 0.3) is 28.2 Å². The Bertz CT molecular complexity index is 1100. The minimum atomic E-state index is 0.912. The van der Waals surface area contributed by atoms with Crippen molar-refractivity contribution in [3.8, 4) is 28.2 Å². The lowest BCUT2D eigenvalue weighted by atomic mass is 10.1. The Kier molecular flexibility index (Phi) is 3.76. The number of benzene rings is 1. The molecule has 0 radical (unpaired) electrons. The first-order valence-electron chi connectivity index (χ1n) is 8.60. The van der Waals surface area contributed by atoms with Crippen molar-refractivity contribution in [3.63, 3.8) is 0 Å². The molecule has 1 aromatic carbocycles. The fourth-order valence-electron chi connectivity index (χ4n) is 3.36. The molecule has 3 heterocycles. The maximum absolute atomic E-state index is 4.92. The molecule has 0 aliphatic carbocycles. The number of hydrogen-bond donors (Lipinski definition) is 0. The van der Waals surface area contributed by atoms with Gasteiger partial charge in [0.15, 0.2) is 0 Å². The van der Waals surface area contributed by atoms with Crippen molar-refractivity contribution in [1.29, 1.82) is 0 Å². The third kappa shape index (κ3) is 2.73. The van der Waals surface area contributed by atoms with Gasteiger partial charge < -0.3 is 0 Å². The van der Waals surface area contributed by atoms with E-state index in [4.69, 9.17) is 5.10 Å². The van der Waals surface area contributed by atoms with Crippen LogP contribution in [-0.4, -0.2) is 29.3 Å². The highest BCUT2D eigenvalue weighted by atomic mass is 15.3. The minimum absolute atomic E-state index is 0.912. The van der Waals surface area contributed by atoms with Crippen LogP contribution in [0, 0.1) is 20.8 Å². The summed E-state index contributed by atoms with van der Waals surface area (Å²) >= 11 is 0. The fourth-order valence-corrected chi connectivity index (χ4v) is 3.36. The van der Waals surface area contributed by atoms with Gasteiger partial charge in [-0.1, -0.05) is 12.1 Å². The topological polar surface area (TPSA) is 53.5 Å². The van der Waals surface area contributed by atoms with Crippen molar-refractivity contribution >= 4 is 0 Å². The second kappa shape index (κ2) is 5.98. The zero-order chi connectivity index (χ0) is 18.4. The van der Waals surface area contributed by atoms with Gasteiger partial charge in [-0.05, 0) is 44.5 Å². The lowest BCUT2D eigenvalue weighted by Gasteiger charge is -2.07. The predicted octanol–water partition coefficient (Wildman–Crippen LogP) is 3.60. The summed E-state index contributed by atoms with van der Waals surface area (Å²) in [6.07, 6.45) is 4.05. The van der Waals surface area contributed by atoms with Crippen LogP contribution >= 0.6 is 0 Å². The first-order chi connectivity index (χ1) is 12.4. The Morgan fingerprint density at radius 1 is 0.769 bits per heavy atom. The normalized spacial score (nSPS) is 11.3. The molecule has 0 N–H and O–H groups in total. The number of nitrogens with zero attached hydrogens (tertiary/aromatic N) is 6. The summed E-state index contributed by atoms with van der Waals surface area (Å²) in [5.41, 5.74) is 8.25. The van der Waals surface area contributed by atoms with Gasteiger partial charge in [0.25, 0.3) is 0 Å². The summed E-state index contributed by atoms with van der Waals surface area (Å²) < 4.78 is 5.66. The van der Waals surface area contributed by atoms with Crippen molar-refractivity contribution in [2.75, 3.05) is 0 Å². The third-order valence-corrected chi connectivity index (χ3v) is 4.53. The molecule has 0 aliphatic rings. The first kappa shape index (κ1) is 16.3. The Balaban J connectivity index is 1.96. The van der Waals surface area contributed by atoms with E-state index >= 15 is 0 Å². The van der Waals surface area contributed by atoms with Gasteiger partial charge in [-0.15, -0.1) is 0 Å². The molecule has 6 nitrogen and oxygen atoms in total. The van der Waals surface area contributed by atoms with Crippen LogP contribution in [0.3, 0.4) is 0 Å². The molecule has 4 rings (SSSR count). The van der Waals surface area contributed by atoms with Crippen LogP contribution in [-0.2, 0) is 14.1 Å². The van der Waals surface area contributed by atoms with Crippen molar-refractivity contribution in [3.05, 3.63) is 59.7 Å². The lowest BCUT2D eigenvalue weighted by Crippen LogP contribution is -2.00. The van der Waals surface area contributed by atoms with E-state index in [0.717, 1.165) is 39.6 Å². The molecule has 26 heavy (non-hydrogen) atoms. The van der Waals surface area contributed by atoms with Crippen LogP contribution in [0.15, 0.2) is 42.7 Å². The average Bonchev–Trinajstić information content (AvgIpc) is 3.24. The molecular formula is C20H22N6. The van der Waals surface area contributed by atoms with Gasteiger partial charge >= 0.3 is 0 Å². The average molecular weight is 346 g/mol. The second-order valence-electron chi connectivity index (χ2n) is 6.77. The highest BCUT2D eigenvalue weighted by molar-refractivity contribution is 5.72. The highest BCUT2D eigenvalue weighted by Crippen LogP contribution is 2.31. The van der Waals surface area contributed by atoms with Gasteiger partial charge in [0.1, 0.15) is 0 Å². The predicted molar refractivity (Wildman–Crippen MR) is 102 cm³/mol. The monoisotopic (exact) mass is 346 g/mol. The van der Waals surface area contributed by atoms with Gasteiger partial charge in [0, 0.05) is 37.6 Å². The number of aromatic nitrogens is 6. The summed E-state index contributed by atoms with van der Waals surface area (Å²) in [5.74, 6) is 0. The van der Waals surface area contributed by atoms with Gasteiger partial charge in [-0.2, -0.15) is 15.3 Å². The molecule has 4 aromatic rings. The molecule has 6 heteroatoms. The molecule has 0 fully saturated rings. The smallest absolute Gasteiger partial charge is 0.0968 e. The summed E-state index contributed by atoms with van der Waals surface area (Å²) in [6, 6.07) is 10.5. The summed E-state index contributed by atoms with van der Waals surface area (Å²) in [7, 11) is 3.87. The zero-order valence-electron chi connectivity index (χ0n) is 15.7. The Morgan fingerprint density at radius 3 is 2.00 bits per heavy atom. The van der Waals surface area contributed by atoms with Crippen LogP contribution in [0.4, 0.5) is 0 Å². The molecule has 0 saturated heterocycles.